The average Bonchev–Trinajstić information content (AvgIpc) is 2.30. The topological polar surface area (TPSA) is 72.2 Å². The second-order valence-electron chi connectivity index (χ2n) is 3.79. The molecule has 0 radical (unpaired) electrons. The Hall–Kier alpha value is -0.830. The van der Waals surface area contributed by atoms with Gasteiger partial charge in [-0.1, -0.05) is 6.07 Å². The first kappa shape index (κ1) is 18.2. The first-order chi connectivity index (χ1) is 8.18. The molecular formula is C10H14ClF3N2O2S. The van der Waals surface area contributed by atoms with Crippen LogP contribution in [0.3, 0.4) is 0 Å². The predicted molar refractivity (Wildman–Crippen MR) is 67.6 cm³/mol. The van der Waals surface area contributed by atoms with E-state index >= 15 is 0 Å². The van der Waals surface area contributed by atoms with Gasteiger partial charge in [0.05, 0.1) is 18.0 Å². The number of halogens is 4. The van der Waals surface area contributed by atoms with Crippen molar-refractivity contribution >= 4 is 22.4 Å². The maximum Gasteiger partial charge on any atom is 0.273 e. The summed E-state index contributed by atoms with van der Waals surface area (Å²) in [6.45, 7) is -0.658. The molecule has 0 aromatic heterocycles. The lowest BCUT2D eigenvalue weighted by Crippen LogP contribution is -2.41. The summed E-state index contributed by atoms with van der Waals surface area (Å²) in [5.41, 5.74) is 5.05. The number of hydrogen-bond acceptors (Lipinski definition) is 3. The molecule has 1 rings (SSSR count). The summed E-state index contributed by atoms with van der Waals surface area (Å²) in [7, 11) is -4.18. The molecule has 0 fully saturated rings. The zero-order chi connectivity index (χ0) is 14.0. The van der Waals surface area contributed by atoms with E-state index in [2.05, 4.69) is 0 Å². The fourth-order valence-corrected chi connectivity index (χ4v) is 2.53. The van der Waals surface area contributed by atoms with E-state index in [4.69, 9.17) is 5.73 Å². The molecule has 0 aliphatic rings. The molecule has 0 heterocycles. The van der Waals surface area contributed by atoms with Crippen molar-refractivity contribution in [2.75, 3.05) is 13.1 Å². The van der Waals surface area contributed by atoms with E-state index < -0.39 is 34.9 Å². The number of benzene rings is 1. The van der Waals surface area contributed by atoms with Gasteiger partial charge in [0, 0.05) is 0 Å². The molecule has 0 atom stereocenters. The third-order valence-electron chi connectivity index (χ3n) is 2.26. The number of alkyl halides is 2. The fourth-order valence-electron chi connectivity index (χ4n) is 1.21. The second kappa shape index (κ2) is 6.56. The van der Waals surface area contributed by atoms with E-state index in [1.165, 1.54) is 13.0 Å². The van der Waals surface area contributed by atoms with Crippen molar-refractivity contribution in [3.8, 4) is 0 Å². The Labute approximate surface area is 115 Å². The summed E-state index contributed by atoms with van der Waals surface area (Å²) in [6.07, 6.45) is 0. The van der Waals surface area contributed by atoms with Gasteiger partial charge in [0.25, 0.3) is 5.92 Å². The normalized spacial score (nSPS) is 12.1. The van der Waals surface area contributed by atoms with Crippen LogP contribution in [-0.4, -0.2) is 27.4 Å². The van der Waals surface area contributed by atoms with Gasteiger partial charge in [-0.05, 0) is 24.6 Å². The molecule has 0 saturated carbocycles. The van der Waals surface area contributed by atoms with Gasteiger partial charge in [0.2, 0.25) is 10.0 Å². The van der Waals surface area contributed by atoms with E-state index in [0.29, 0.717) is 0 Å². The number of sulfonamides is 1. The number of hydrogen-bond donors (Lipinski definition) is 2. The van der Waals surface area contributed by atoms with Crippen molar-refractivity contribution in [2.24, 2.45) is 5.73 Å². The highest BCUT2D eigenvalue weighted by atomic mass is 35.5. The van der Waals surface area contributed by atoms with E-state index in [1.807, 2.05) is 0 Å². The van der Waals surface area contributed by atoms with E-state index in [-0.39, 0.29) is 22.9 Å². The maximum absolute atomic E-state index is 13.0. The zero-order valence-corrected chi connectivity index (χ0v) is 11.6. The summed E-state index contributed by atoms with van der Waals surface area (Å²) in [4.78, 5) is -0.365. The molecule has 110 valence electrons. The van der Waals surface area contributed by atoms with E-state index in [9.17, 15) is 21.6 Å². The summed E-state index contributed by atoms with van der Waals surface area (Å²) in [6, 6.07) is 3.12. The van der Waals surface area contributed by atoms with Crippen LogP contribution in [0.2, 0.25) is 0 Å². The molecule has 0 amide bonds. The summed E-state index contributed by atoms with van der Waals surface area (Å²) in [5, 5.41) is 0. The first-order valence-electron chi connectivity index (χ1n) is 5.02. The Balaban J connectivity index is 0.00000324. The molecule has 1 aromatic rings. The van der Waals surface area contributed by atoms with Crippen molar-refractivity contribution in [1.82, 2.24) is 4.72 Å². The average molecular weight is 319 g/mol. The lowest BCUT2D eigenvalue weighted by molar-refractivity contribution is 0.0170. The van der Waals surface area contributed by atoms with Gasteiger partial charge in [-0.15, -0.1) is 12.4 Å². The van der Waals surface area contributed by atoms with Crippen molar-refractivity contribution in [3.05, 3.63) is 29.6 Å². The van der Waals surface area contributed by atoms with Crippen LogP contribution in [0.15, 0.2) is 23.1 Å². The minimum Gasteiger partial charge on any atom is -0.325 e. The third-order valence-corrected chi connectivity index (χ3v) is 3.80. The second-order valence-corrected chi connectivity index (χ2v) is 5.53. The number of nitrogens with two attached hydrogens (primary N) is 1. The number of aryl methyl sites for hydroxylation is 1. The van der Waals surface area contributed by atoms with Crippen LogP contribution >= 0.6 is 12.4 Å². The molecule has 0 unspecified atom stereocenters. The van der Waals surface area contributed by atoms with Crippen LogP contribution in [0.5, 0.6) is 0 Å². The highest BCUT2D eigenvalue weighted by Crippen LogP contribution is 2.17. The minimum absolute atomic E-state index is 0. The van der Waals surface area contributed by atoms with Crippen LogP contribution in [-0.2, 0) is 10.0 Å². The molecule has 1 aromatic carbocycles. The van der Waals surface area contributed by atoms with Crippen molar-refractivity contribution in [2.45, 2.75) is 17.7 Å². The van der Waals surface area contributed by atoms with Crippen molar-refractivity contribution in [3.63, 3.8) is 0 Å². The Morgan fingerprint density at radius 1 is 1.37 bits per heavy atom. The number of nitrogens with one attached hydrogen (secondary N) is 1. The smallest absolute Gasteiger partial charge is 0.273 e. The van der Waals surface area contributed by atoms with Crippen LogP contribution in [0, 0.1) is 12.7 Å². The summed E-state index contributed by atoms with van der Waals surface area (Å²) >= 11 is 0. The Kier molecular flexibility index (Phi) is 6.27. The molecule has 19 heavy (non-hydrogen) atoms. The third kappa shape index (κ3) is 4.98. The molecule has 0 spiro atoms. The Morgan fingerprint density at radius 3 is 2.47 bits per heavy atom. The highest BCUT2D eigenvalue weighted by molar-refractivity contribution is 7.89. The van der Waals surface area contributed by atoms with Crippen molar-refractivity contribution < 1.29 is 21.6 Å². The van der Waals surface area contributed by atoms with Gasteiger partial charge >= 0.3 is 0 Å². The first-order valence-corrected chi connectivity index (χ1v) is 6.50. The SMILES string of the molecule is Cc1ccc(F)cc1S(=O)(=O)NCC(F)(F)CN.Cl. The van der Waals surface area contributed by atoms with Gasteiger partial charge in [0.15, 0.2) is 0 Å². The molecule has 0 bridgehead atoms. The molecule has 0 saturated heterocycles. The van der Waals surface area contributed by atoms with Crippen LogP contribution in [0.4, 0.5) is 13.2 Å². The lowest BCUT2D eigenvalue weighted by atomic mass is 10.2. The molecular weight excluding hydrogens is 305 g/mol. The highest BCUT2D eigenvalue weighted by Gasteiger charge is 2.29. The van der Waals surface area contributed by atoms with Crippen LogP contribution < -0.4 is 10.5 Å². The molecule has 3 N–H and O–H groups in total. The van der Waals surface area contributed by atoms with E-state index in [1.54, 1.807) is 4.72 Å². The summed E-state index contributed by atoms with van der Waals surface area (Å²) in [5.74, 6) is -4.10. The standard InChI is InChI=1S/C10H13F3N2O2S.ClH/c1-7-2-3-8(11)4-9(7)18(16,17)15-6-10(12,13)5-14;/h2-4,15H,5-6,14H2,1H3;1H. The van der Waals surface area contributed by atoms with Crippen LogP contribution in [0.25, 0.3) is 0 Å². The number of rotatable bonds is 5. The Bertz CT molecular complexity index is 538. The molecule has 0 aliphatic heterocycles. The molecule has 9 heteroatoms. The van der Waals surface area contributed by atoms with Gasteiger partial charge in [-0.3, -0.25) is 0 Å². The van der Waals surface area contributed by atoms with Crippen LogP contribution in [0.1, 0.15) is 5.56 Å². The largest absolute Gasteiger partial charge is 0.325 e. The summed E-state index contributed by atoms with van der Waals surface area (Å²) < 4.78 is 63.8. The quantitative estimate of drug-likeness (QED) is 0.862. The van der Waals surface area contributed by atoms with Gasteiger partial charge in [0.1, 0.15) is 5.82 Å². The minimum atomic E-state index is -4.18. The maximum atomic E-state index is 13.0. The van der Waals surface area contributed by atoms with Gasteiger partial charge in [-0.2, -0.15) is 0 Å². The van der Waals surface area contributed by atoms with Gasteiger partial charge in [-0.25, -0.2) is 26.3 Å². The predicted octanol–water partition coefficient (Wildman–Crippen LogP) is 1.43. The monoisotopic (exact) mass is 318 g/mol. The molecule has 0 aliphatic carbocycles. The van der Waals surface area contributed by atoms with E-state index in [0.717, 1.165) is 12.1 Å². The van der Waals surface area contributed by atoms with Crippen molar-refractivity contribution in [1.29, 1.82) is 0 Å². The Morgan fingerprint density at radius 2 is 1.95 bits per heavy atom. The molecule has 4 nitrogen and oxygen atoms in total. The zero-order valence-electron chi connectivity index (χ0n) is 9.99. The fraction of sp³-hybridized carbons (Fsp3) is 0.400. The van der Waals surface area contributed by atoms with Gasteiger partial charge < -0.3 is 5.73 Å². The lowest BCUT2D eigenvalue weighted by Gasteiger charge is -2.15.